The first-order valence-electron chi connectivity index (χ1n) is 8.06. The van der Waals surface area contributed by atoms with Gasteiger partial charge in [-0.1, -0.05) is 27.2 Å². The van der Waals surface area contributed by atoms with Crippen LogP contribution in [0.3, 0.4) is 0 Å². The molecule has 0 aliphatic heterocycles. The van der Waals surface area contributed by atoms with Gasteiger partial charge < -0.3 is 5.32 Å². The predicted molar refractivity (Wildman–Crippen MR) is 90.2 cm³/mol. The lowest BCUT2D eigenvalue weighted by molar-refractivity contribution is 0.354. The molecule has 0 aromatic carbocycles. The molecule has 1 aromatic heterocycles. The smallest absolute Gasteiger partial charge is 0.0766 e. The van der Waals surface area contributed by atoms with Crippen molar-refractivity contribution in [2.24, 2.45) is 5.92 Å². The van der Waals surface area contributed by atoms with Crippen molar-refractivity contribution >= 4 is 15.9 Å². The third-order valence-corrected chi connectivity index (χ3v) is 5.01. The predicted octanol–water partition coefficient (Wildman–Crippen LogP) is 4.18. The van der Waals surface area contributed by atoms with Gasteiger partial charge in [0.2, 0.25) is 0 Å². The Kier molecular flexibility index (Phi) is 7.82. The summed E-state index contributed by atoms with van der Waals surface area (Å²) in [7, 11) is 0. The maximum atomic E-state index is 4.70. The minimum Gasteiger partial charge on any atom is -0.314 e. The van der Waals surface area contributed by atoms with Gasteiger partial charge in [-0.15, -0.1) is 0 Å². The van der Waals surface area contributed by atoms with Gasteiger partial charge >= 0.3 is 0 Å². The van der Waals surface area contributed by atoms with Crippen LogP contribution < -0.4 is 5.32 Å². The normalized spacial score (nSPS) is 14.5. The zero-order valence-corrected chi connectivity index (χ0v) is 15.3. The fourth-order valence-electron chi connectivity index (χ4n) is 2.67. The molecule has 3 nitrogen and oxygen atoms in total. The first-order valence-corrected chi connectivity index (χ1v) is 8.85. The number of aromatic nitrogens is 2. The summed E-state index contributed by atoms with van der Waals surface area (Å²) >= 11 is 3.76. The summed E-state index contributed by atoms with van der Waals surface area (Å²) in [6, 6.07) is 0.553. The van der Waals surface area contributed by atoms with Gasteiger partial charge in [-0.3, -0.25) is 4.68 Å². The molecule has 0 saturated heterocycles. The molecule has 0 fully saturated rings. The molecule has 0 amide bonds. The van der Waals surface area contributed by atoms with E-state index < -0.39 is 0 Å². The van der Waals surface area contributed by atoms with E-state index in [1.807, 2.05) is 0 Å². The van der Waals surface area contributed by atoms with E-state index in [1.54, 1.807) is 0 Å². The van der Waals surface area contributed by atoms with Crippen LogP contribution in [0, 0.1) is 5.92 Å². The first kappa shape index (κ1) is 17.7. The van der Waals surface area contributed by atoms with E-state index in [0.29, 0.717) is 12.0 Å². The van der Waals surface area contributed by atoms with E-state index in [2.05, 4.69) is 60.5 Å². The third kappa shape index (κ3) is 4.32. The molecule has 116 valence electrons. The summed E-state index contributed by atoms with van der Waals surface area (Å²) in [4.78, 5) is 0. The van der Waals surface area contributed by atoms with Crippen molar-refractivity contribution in [2.75, 3.05) is 6.54 Å². The number of nitrogens with zero attached hydrogens (tertiary/aromatic N) is 2. The molecule has 0 saturated carbocycles. The van der Waals surface area contributed by atoms with Crippen LogP contribution in [0.15, 0.2) is 4.47 Å². The number of hydrogen-bond acceptors (Lipinski definition) is 2. The summed E-state index contributed by atoms with van der Waals surface area (Å²) in [5.41, 5.74) is 2.55. The largest absolute Gasteiger partial charge is 0.314 e. The van der Waals surface area contributed by atoms with Gasteiger partial charge in [0.1, 0.15) is 0 Å². The Balaban J connectivity index is 2.86. The van der Waals surface area contributed by atoms with E-state index in [-0.39, 0.29) is 0 Å². The van der Waals surface area contributed by atoms with Crippen LogP contribution in [-0.2, 0) is 19.4 Å². The summed E-state index contributed by atoms with van der Waals surface area (Å²) < 4.78 is 3.39. The molecule has 1 aromatic rings. The van der Waals surface area contributed by atoms with Crippen molar-refractivity contribution < 1.29 is 0 Å². The highest BCUT2D eigenvalue weighted by molar-refractivity contribution is 9.10. The highest BCUT2D eigenvalue weighted by Gasteiger charge is 2.21. The molecule has 2 atom stereocenters. The van der Waals surface area contributed by atoms with Crippen molar-refractivity contribution in [3.05, 3.63) is 15.9 Å². The fourth-order valence-corrected chi connectivity index (χ4v) is 3.40. The Labute approximate surface area is 132 Å². The van der Waals surface area contributed by atoms with Crippen LogP contribution in [0.2, 0.25) is 0 Å². The van der Waals surface area contributed by atoms with Gasteiger partial charge in [0.25, 0.3) is 0 Å². The Morgan fingerprint density at radius 3 is 2.45 bits per heavy atom. The fraction of sp³-hybridized carbons (Fsp3) is 0.812. The molecule has 20 heavy (non-hydrogen) atoms. The van der Waals surface area contributed by atoms with Crippen molar-refractivity contribution in [3.63, 3.8) is 0 Å². The molecule has 1 heterocycles. The van der Waals surface area contributed by atoms with E-state index in [9.17, 15) is 0 Å². The first-order chi connectivity index (χ1) is 9.58. The lowest BCUT2D eigenvalue weighted by atomic mass is 9.92. The summed E-state index contributed by atoms with van der Waals surface area (Å²) in [5.74, 6) is 0.657. The van der Waals surface area contributed by atoms with Gasteiger partial charge in [0, 0.05) is 12.6 Å². The molecule has 0 aliphatic carbocycles. The summed E-state index contributed by atoms with van der Waals surface area (Å²) in [6.45, 7) is 13.2. The molecule has 4 heteroatoms. The molecular weight excluding hydrogens is 314 g/mol. The van der Waals surface area contributed by atoms with Gasteiger partial charge in [-0.2, -0.15) is 5.10 Å². The van der Waals surface area contributed by atoms with Crippen LogP contribution in [0.1, 0.15) is 58.8 Å². The highest BCUT2D eigenvalue weighted by Crippen LogP contribution is 2.26. The van der Waals surface area contributed by atoms with Crippen LogP contribution in [-0.4, -0.2) is 22.4 Å². The van der Waals surface area contributed by atoms with Crippen LogP contribution >= 0.6 is 15.9 Å². The Morgan fingerprint density at radius 2 is 1.95 bits per heavy atom. The van der Waals surface area contributed by atoms with E-state index in [1.165, 1.54) is 28.7 Å². The zero-order valence-electron chi connectivity index (χ0n) is 13.7. The second kappa shape index (κ2) is 8.83. The molecule has 0 bridgehead atoms. The average molecular weight is 344 g/mol. The molecule has 0 radical (unpaired) electrons. The maximum absolute atomic E-state index is 4.70. The van der Waals surface area contributed by atoms with Gasteiger partial charge in [-0.25, -0.2) is 0 Å². The van der Waals surface area contributed by atoms with Crippen molar-refractivity contribution in [1.29, 1.82) is 0 Å². The van der Waals surface area contributed by atoms with Crippen molar-refractivity contribution in [1.82, 2.24) is 15.1 Å². The number of nitrogens with one attached hydrogen (secondary N) is 1. The van der Waals surface area contributed by atoms with Crippen LogP contribution in [0.25, 0.3) is 0 Å². The van der Waals surface area contributed by atoms with Gasteiger partial charge in [0.05, 0.1) is 15.9 Å². The van der Waals surface area contributed by atoms with Crippen molar-refractivity contribution in [2.45, 2.75) is 72.9 Å². The van der Waals surface area contributed by atoms with Crippen LogP contribution in [0.5, 0.6) is 0 Å². The van der Waals surface area contributed by atoms with E-state index in [4.69, 9.17) is 5.10 Å². The third-order valence-electron chi connectivity index (χ3n) is 4.10. The highest BCUT2D eigenvalue weighted by atomic mass is 79.9. The molecular formula is C16H30BrN3. The van der Waals surface area contributed by atoms with Gasteiger partial charge in [-0.05, 0) is 61.5 Å². The molecule has 0 aliphatic rings. The van der Waals surface area contributed by atoms with Gasteiger partial charge in [0.15, 0.2) is 0 Å². The lowest BCUT2D eigenvalue weighted by Gasteiger charge is -2.24. The Morgan fingerprint density at radius 1 is 1.25 bits per heavy atom. The van der Waals surface area contributed by atoms with Crippen molar-refractivity contribution in [3.8, 4) is 0 Å². The van der Waals surface area contributed by atoms with E-state index in [0.717, 1.165) is 25.9 Å². The van der Waals surface area contributed by atoms with E-state index >= 15 is 0 Å². The molecule has 1 N–H and O–H groups in total. The zero-order chi connectivity index (χ0) is 15.1. The summed E-state index contributed by atoms with van der Waals surface area (Å²) in [5, 5.41) is 8.34. The second-order valence-corrected chi connectivity index (χ2v) is 6.28. The number of halogens is 1. The number of rotatable bonds is 9. The second-order valence-electron chi connectivity index (χ2n) is 5.49. The topological polar surface area (TPSA) is 29.9 Å². The Hall–Kier alpha value is -0.350. The molecule has 1 rings (SSSR count). The maximum Gasteiger partial charge on any atom is 0.0766 e. The number of hydrogen-bond donors (Lipinski definition) is 1. The standard InChI is InChI=1S/C16H30BrN3/c1-6-10-18-12(5)13(7-2)11-15-16(17)14(8-3)19-20(15)9-4/h12-13,18H,6-11H2,1-5H3. The monoisotopic (exact) mass is 343 g/mol. The average Bonchev–Trinajstić information content (AvgIpc) is 2.77. The van der Waals surface area contributed by atoms with Crippen LogP contribution in [0.4, 0.5) is 0 Å². The lowest BCUT2D eigenvalue weighted by Crippen LogP contribution is -2.35. The minimum atomic E-state index is 0.553. The quantitative estimate of drug-likeness (QED) is 0.728. The molecule has 0 spiro atoms. The summed E-state index contributed by atoms with van der Waals surface area (Å²) in [6.07, 6.45) is 4.47. The minimum absolute atomic E-state index is 0.553. The Bertz CT molecular complexity index is 401. The molecule has 2 unspecified atom stereocenters. The SMILES string of the molecule is CCCNC(C)C(CC)Cc1c(Br)c(CC)nn1CC. The number of aryl methyl sites for hydroxylation is 2.